The van der Waals surface area contributed by atoms with Crippen LogP contribution < -0.4 is 9.47 Å². The summed E-state index contributed by atoms with van der Waals surface area (Å²) < 4.78 is 11.7. The van der Waals surface area contributed by atoms with Gasteiger partial charge in [0, 0.05) is 15.6 Å². The molecule has 0 N–H and O–H groups in total. The molecule has 2 aromatic carbocycles. The first-order valence-electron chi connectivity index (χ1n) is 7.36. The van der Waals surface area contributed by atoms with Gasteiger partial charge in [0.25, 0.3) is 0 Å². The van der Waals surface area contributed by atoms with Crippen molar-refractivity contribution in [2.24, 2.45) is 0 Å². The number of methoxy groups -OCH3 is 2. The molecule has 24 heavy (non-hydrogen) atoms. The highest BCUT2D eigenvalue weighted by atomic mass is 79.9. The predicted octanol–water partition coefficient (Wildman–Crippen LogP) is 5.27. The first-order valence-corrected chi connectivity index (χ1v) is 8.97. The Morgan fingerprint density at radius 3 is 2.25 bits per heavy atom. The van der Waals surface area contributed by atoms with Crippen molar-refractivity contribution in [2.75, 3.05) is 14.2 Å². The maximum Gasteiger partial charge on any atom is 0.161 e. The summed E-state index contributed by atoms with van der Waals surface area (Å²) in [6.45, 7) is 4.20. The molecular weight excluding hydrogens is 388 g/mol. The first kappa shape index (κ1) is 16.9. The summed E-state index contributed by atoms with van der Waals surface area (Å²) >= 11 is 5.18. The van der Waals surface area contributed by atoms with E-state index in [1.165, 1.54) is 11.1 Å². The van der Waals surface area contributed by atoms with Crippen molar-refractivity contribution >= 4 is 27.3 Å². The molecule has 0 saturated heterocycles. The molecule has 0 spiro atoms. The minimum Gasteiger partial charge on any atom is -0.493 e. The van der Waals surface area contributed by atoms with Crippen molar-refractivity contribution in [3.8, 4) is 32.6 Å². The van der Waals surface area contributed by atoms with Crippen LogP contribution in [0.4, 0.5) is 0 Å². The molecular formula is C18H17BrN2O2S. The second kappa shape index (κ2) is 6.91. The number of aryl methyl sites for hydroxylation is 2. The summed E-state index contributed by atoms with van der Waals surface area (Å²) in [6, 6.07) is 10.0. The fourth-order valence-electron chi connectivity index (χ4n) is 2.36. The second-order valence-corrected chi connectivity index (χ2v) is 7.23. The summed E-state index contributed by atoms with van der Waals surface area (Å²) in [4.78, 5) is 0. The minimum absolute atomic E-state index is 0.680. The molecule has 0 saturated carbocycles. The maximum atomic E-state index is 5.36. The quantitative estimate of drug-likeness (QED) is 0.593. The summed E-state index contributed by atoms with van der Waals surface area (Å²) in [7, 11) is 3.25. The van der Waals surface area contributed by atoms with Crippen LogP contribution in [-0.4, -0.2) is 24.4 Å². The van der Waals surface area contributed by atoms with Crippen LogP contribution in [0.15, 0.2) is 34.8 Å². The SMILES string of the molecule is COc1ccc(-c2nnc(-c3cc(C)c(C)cc3Br)s2)cc1OC. The standard InChI is InChI=1S/C18H17BrN2O2S/c1-10-7-13(14(19)8-11(10)2)18-21-20-17(24-18)12-5-6-15(22-3)16(9-12)23-4/h5-9H,1-4H3. The Kier molecular flexibility index (Phi) is 4.87. The normalized spacial score (nSPS) is 10.7. The van der Waals surface area contributed by atoms with Crippen molar-refractivity contribution < 1.29 is 9.47 Å². The van der Waals surface area contributed by atoms with E-state index < -0.39 is 0 Å². The molecule has 0 unspecified atom stereocenters. The molecule has 0 bridgehead atoms. The van der Waals surface area contributed by atoms with Gasteiger partial charge in [0.2, 0.25) is 0 Å². The number of benzene rings is 2. The van der Waals surface area contributed by atoms with Crippen LogP contribution in [0.1, 0.15) is 11.1 Å². The maximum absolute atomic E-state index is 5.36. The van der Waals surface area contributed by atoms with Crippen LogP contribution in [0.3, 0.4) is 0 Å². The summed E-state index contributed by atoms with van der Waals surface area (Å²) in [6.07, 6.45) is 0. The molecule has 0 aliphatic carbocycles. The van der Waals surface area contributed by atoms with E-state index >= 15 is 0 Å². The zero-order valence-corrected chi connectivity index (χ0v) is 16.3. The third-order valence-corrected chi connectivity index (χ3v) is 5.53. The number of rotatable bonds is 4. The minimum atomic E-state index is 0.680. The topological polar surface area (TPSA) is 44.2 Å². The molecule has 3 aromatic rings. The molecule has 4 nitrogen and oxygen atoms in total. The molecule has 0 fully saturated rings. The Labute approximate surface area is 153 Å². The highest BCUT2D eigenvalue weighted by molar-refractivity contribution is 9.10. The number of aromatic nitrogens is 2. The molecule has 1 heterocycles. The smallest absolute Gasteiger partial charge is 0.161 e. The van der Waals surface area contributed by atoms with Gasteiger partial charge in [0.1, 0.15) is 10.0 Å². The Hall–Kier alpha value is -1.92. The number of nitrogens with zero attached hydrogens (tertiary/aromatic N) is 2. The van der Waals surface area contributed by atoms with Gasteiger partial charge >= 0.3 is 0 Å². The van der Waals surface area contributed by atoms with Gasteiger partial charge in [-0.15, -0.1) is 10.2 Å². The van der Waals surface area contributed by atoms with Crippen molar-refractivity contribution in [2.45, 2.75) is 13.8 Å². The fourth-order valence-corrected chi connectivity index (χ4v) is 4.01. The Morgan fingerprint density at radius 2 is 1.54 bits per heavy atom. The van der Waals surface area contributed by atoms with Crippen molar-refractivity contribution in [1.29, 1.82) is 0 Å². The highest BCUT2D eigenvalue weighted by Gasteiger charge is 2.14. The summed E-state index contributed by atoms with van der Waals surface area (Å²) in [5.74, 6) is 1.38. The van der Waals surface area contributed by atoms with Crippen LogP contribution in [0.2, 0.25) is 0 Å². The van der Waals surface area contributed by atoms with Crippen LogP contribution in [-0.2, 0) is 0 Å². The average Bonchev–Trinajstić information content (AvgIpc) is 3.07. The molecule has 0 aliphatic rings. The second-order valence-electron chi connectivity index (χ2n) is 5.40. The van der Waals surface area contributed by atoms with Crippen LogP contribution in [0.5, 0.6) is 11.5 Å². The molecule has 3 rings (SSSR count). The van der Waals surface area contributed by atoms with Crippen LogP contribution in [0.25, 0.3) is 21.1 Å². The van der Waals surface area contributed by atoms with Gasteiger partial charge < -0.3 is 9.47 Å². The van der Waals surface area contributed by atoms with Crippen molar-refractivity contribution in [3.05, 3.63) is 45.9 Å². The molecule has 0 radical (unpaired) electrons. The molecule has 6 heteroatoms. The summed E-state index contributed by atoms with van der Waals surface area (Å²) in [5.41, 5.74) is 4.49. The van der Waals surface area contributed by atoms with E-state index in [0.717, 1.165) is 25.6 Å². The first-order chi connectivity index (χ1) is 11.5. The van der Waals surface area contributed by atoms with E-state index in [2.05, 4.69) is 52.1 Å². The fraction of sp³-hybridized carbons (Fsp3) is 0.222. The zero-order valence-electron chi connectivity index (χ0n) is 13.9. The molecule has 0 aliphatic heterocycles. The lowest BCUT2D eigenvalue weighted by Gasteiger charge is -2.08. The van der Waals surface area contributed by atoms with Gasteiger partial charge in [0.05, 0.1) is 14.2 Å². The van der Waals surface area contributed by atoms with Crippen LogP contribution >= 0.6 is 27.3 Å². The molecule has 0 amide bonds. The highest BCUT2D eigenvalue weighted by Crippen LogP contribution is 2.38. The molecule has 0 atom stereocenters. The third-order valence-electron chi connectivity index (χ3n) is 3.87. The summed E-state index contributed by atoms with van der Waals surface area (Å²) in [5, 5.41) is 10.4. The van der Waals surface area contributed by atoms with Gasteiger partial charge in [-0.1, -0.05) is 27.3 Å². The predicted molar refractivity (Wildman–Crippen MR) is 101 cm³/mol. The number of hydrogen-bond acceptors (Lipinski definition) is 5. The molecule has 124 valence electrons. The Balaban J connectivity index is 2.01. The van der Waals surface area contributed by atoms with E-state index in [0.29, 0.717) is 11.5 Å². The van der Waals surface area contributed by atoms with Crippen molar-refractivity contribution in [1.82, 2.24) is 10.2 Å². The van der Waals surface area contributed by atoms with E-state index in [4.69, 9.17) is 9.47 Å². The molecule has 1 aromatic heterocycles. The number of halogens is 1. The number of hydrogen-bond donors (Lipinski definition) is 0. The van der Waals surface area contributed by atoms with Crippen molar-refractivity contribution in [3.63, 3.8) is 0 Å². The Morgan fingerprint density at radius 1 is 0.875 bits per heavy atom. The lowest BCUT2D eigenvalue weighted by atomic mass is 10.1. The largest absolute Gasteiger partial charge is 0.493 e. The average molecular weight is 405 g/mol. The monoisotopic (exact) mass is 404 g/mol. The number of ether oxygens (including phenoxy) is 2. The van der Waals surface area contributed by atoms with E-state index in [1.54, 1.807) is 25.6 Å². The van der Waals surface area contributed by atoms with Crippen LogP contribution in [0, 0.1) is 13.8 Å². The van der Waals surface area contributed by atoms with Gasteiger partial charge in [-0.25, -0.2) is 0 Å². The van der Waals surface area contributed by atoms with Gasteiger partial charge in [0.15, 0.2) is 11.5 Å². The van der Waals surface area contributed by atoms with E-state index in [1.807, 2.05) is 18.2 Å². The van der Waals surface area contributed by atoms with E-state index in [9.17, 15) is 0 Å². The lowest BCUT2D eigenvalue weighted by Crippen LogP contribution is -1.90. The zero-order chi connectivity index (χ0) is 17.3. The Bertz CT molecular complexity index is 893. The van der Waals surface area contributed by atoms with Gasteiger partial charge in [-0.05, 0) is 55.3 Å². The van der Waals surface area contributed by atoms with E-state index in [-0.39, 0.29) is 0 Å². The van der Waals surface area contributed by atoms with Gasteiger partial charge in [-0.3, -0.25) is 0 Å². The van der Waals surface area contributed by atoms with Gasteiger partial charge in [-0.2, -0.15) is 0 Å². The lowest BCUT2D eigenvalue weighted by molar-refractivity contribution is 0.355. The third kappa shape index (κ3) is 3.16.